The molecule has 0 saturated carbocycles. The van der Waals surface area contributed by atoms with Gasteiger partial charge in [0, 0.05) is 24.8 Å². The van der Waals surface area contributed by atoms with Crippen LogP contribution in [-0.4, -0.2) is 38.4 Å². The number of aromatic nitrogens is 2. The number of nitrogens with zero attached hydrogens (tertiary/aromatic N) is 3. The monoisotopic (exact) mass is 345 g/mol. The number of carboxylic acids is 1. The Kier molecular flexibility index (Phi) is 6.56. The first-order chi connectivity index (χ1) is 12.1. The lowest BCUT2D eigenvalue weighted by Gasteiger charge is -2.27. The molecule has 0 fully saturated rings. The molecule has 0 bridgehead atoms. The minimum atomic E-state index is -1.12. The normalized spacial score (nSPS) is 11.8. The van der Waals surface area contributed by atoms with E-state index < -0.39 is 18.1 Å². The maximum absolute atomic E-state index is 12.5. The third kappa shape index (κ3) is 4.82. The van der Waals surface area contributed by atoms with Crippen molar-refractivity contribution in [1.29, 1.82) is 0 Å². The highest BCUT2D eigenvalue weighted by atomic mass is 16.6. The van der Waals surface area contributed by atoms with Crippen molar-refractivity contribution < 1.29 is 19.4 Å². The fourth-order valence-corrected chi connectivity index (χ4v) is 2.52. The molecular formula is C18H23N3O4. The predicted octanol–water partition coefficient (Wildman–Crippen LogP) is 3.08. The fourth-order valence-electron chi connectivity index (χ4n) is 2.52. The first-order valence-corrected chi connectivity index (χ1v) is 8.29. The summed E-state index contributed by atoms with van der Waals surface area (Å²) < 4.78 is 6.95. The summed E-state index contributed by atoms with van der Waals surface area (Å²) in [6, 6.07) is 8.15. The van der Waals surface area contributed by atoms with Gasteiger partial charge < -0.3 is 9.84 Å². The maximum Gasteiger partial charge on any atom is 0.411 e. The van der Waals surface area contributed by atoms with Crippen LogP contribution in [0.4, 0.5) is 4.79 Å². The minimum absolute atomic E-state index is 0.0977. The van der Waals surface area contributed by atoms with Gasteiger partial charge in [-0.15, -0.1) is 0 Å². The largest absolute Gasteiger partial charge is 0.479 e. The van der Waals surface area contributed by atoms with E-state index in [1.807, 2.05) is 44.2 Å². The average Bonchev–Trinajstić information content (AvgIpc) is 3.08. The third-order valence-electron chi connectivity index (χ3n) is 3.74. The molecule has 7 heteroatoms. The van der Waals surface area contributed by atoms with Crippen LogP contribution in [0.2, 0.25) is 0 Å². The van der Waals surface area contributed by atoms with Crippen LogP contribution in [0.5, 0.6) is 0 Å². The Hall–Kier alpha value is -2.83. The Labute approximate surface area is 146 Å². The zero-order valence-corrected chi connectivity index (χ0v) is 14.5. The van der Waals surface area contributed by atoms with Crippen molar-refractivity contribution in [2.75, 3.05) is 6.54 Å². The highest BCUT2D eigenvalue weighted by molar-refractivity contribution is 5.81. The number of aliphatic carboxylic acids is 1. The molecule has 1 N–H and O–H groups in total. The Morgan fingerprint density at radius 3 is 2.56 bits per heavy atom. The molecule has 1 amide bonds. The van der Waals surface area contributed by atoms with Crippen molar-refractivity contribution in [1.82, 2.24) is 14.7 Å². The molecule has 1 heterocycles. The molecule has 0 radical (unpaired) electrons. The van der Waals surface area contributed by atoms with Crippen molar-refractivity contribution in [3.8, 4) is 0 Å². The number of carbonyl (C=O) groups is 2. The summed E-state index contributed by atoms with van der Waals surface area (Å²) in [7, 11) is 0. The van der Waals surface area contributed by atoms with Crippen LogP contribution < -0.4 is 0 Å². The van der Waals surface area contributed by atoms with Gasteiger partial charge >= 0.3 is 12.1 Å². The molecule has 134 valence electrons. The fraction of sp³-hybridized carbons (Fsp3) is 0.389. The number of ether oxygens (including phenoxy) is 1. The molecule has 0 aliphatic rings. The number of hydrogen-bond acceptors (Lipinski definition) is 4. The van der Waals surface area contributed by atoms with Gasteiger partial charge in [0.1, 0.15) is 6.61 Å². The standard InChI is InChI=1S/C18H23N3O4/c1-3-10-21(18(24)25-13-14-8-6-5-7-9-14)16(17(22)23)15-11-19-20(4-2)12-15/h5-9,11-12,16H,3-4,10,13H2,1-2H3,(H,22,23). The van der Waals surface area contributed by atoms with E-state index in [0.29, 0.717) is 18.5 Å². The van der Waals surface area contributed by atoms with Crippen LogP contribution in [0, 0.1) is 0 Å². The van der Waals surface area contributed by atoms with E-state index in [1.165, 1.54) is 11.1 Å². The number of benzene rings is 1. The molecule has 7 nitrogen and oxygen atoms in total. The number of hydrogen-bond donors (Lipinski definition) is 1. The first kappa shape index (κ1) is 18.5. The maximum atomic E-state index is 12.5. The van der Waals surface area contributed by atoms with E-state index in [1.54, 1.807) is 10.9 Å². The summed E-state index contributed by atoms with van der Waals surface area (Å²) in [5.74, 6) is -1.11. The van der Waals surface area contributed by atoms with E-state index in [9.17, 15) is 14.7 Å². The predicted molar refractivity (Wildman–Crippen MR) is 91.9 cm³/mol. The second kappa shape index (κ2) is 8.86. The Morgan fingerprint density at radius 2 is 2.00 bits per heavy atom. The molecule has 0 saturated heterocycles. The summed E-state index contributed by atoms with van der Waals surface area (Å²) in [4.78, 5) is 25.6. The van der Waals surface area contributed by atoms with E-state index in [2.05, 4.69) is 5.10 Å². The SMILES string of the molecule is CCCN(C(=O)OCc1ccccc1)C(C(=O)O)c1cnn(CC)c1. The van der Waals surface area contributed by atoms with Crippen molar-refractivity contribution in [2.24, 2.45) is 0 Å². The topological polar surface area (TPSA) is 84.7 Å². The number of carbonyl (C=O) groups excluding carboxylic acids is 1. The van der Waals surface area contributed by atoms with Gasteiger partial charge in [-0.3, -0.25) is 9.58 Å². The second-order valence-corrected chi connectivity index (χ2v) is 5.60. The molecule has 0 spiro atoms. The zero-order chi connectivity index (χ0) is 18.2. The van der Waals surface area contributed by atoms with Crippen LogP contribution in [0.1, 0.15) is 37.4 Å². The zero-order valence-electron chi connectivity index (χ0n) is 14.5. The molecule has 1 unspecified atom stereocenters. The Balaban J connectivity index is 2.17. The molecule has 2 aromatic rings. The van der Waals surface area contributed by atoms with E-state index in [0.717, 1.165) is 5.56 Å². The summed E-state index contributed by atoms with van der Waals surface area (Å²) in [6.07, 6.45) is 3.09. The Bertz CT molecular complexity index is 699. The van der Waals surface area contributed by atoms with Crippen molar-refractivity contribution in [3.63, 3.8) is 0 Å². The van der Waals surface area contributed by atoms with Crippen LogP contribution in [0.15, 0.2) is 42.7 Å². The molecule has 25 heavy (non-hydrogen) atoms. The van der Waals surface area contributed by atoms with E-state index >= 15 is 0 Å². The molecule has 0 aliphatic carbocycles. The first-order valence-electron chi connectivity index (χ1n) is 8.29. The van der Waals surface area contributed by atoms with Gasteiger partial charge in [0.25, 0.3) is 0 Å². The summed E-state index contributed by atoms with van der Waals surface area (Å²) >= 11 is 0. The molecule has 1 aromatic heterocycles. The van der Waals surface area contributed by atoms with Crippen LogP contribution in [0.3, 0.4) is 0 Å². The van der Waals surface area contributed by atoms with Crippen molar-refractivity contribution in [3.05, 3.63) is 53.9 Å². The van der Waals surface area contributed by atoms with Crippen LogP contribution in [0.25, 0.3) is 0 Å². The lowest BCUT2D eigenvalue weighted by molar-refractivity contribution is -0.143. The summed E-state index contributed by atoms with van der Waals surface area (Å²) in [5.41, 5.74) is 1.30. The minimum Gasteiger partial charge on any atom is -0.479 e. The van der Waals surface area contributed by atoms with Crippen molar-refractivity contribution in [2.45, 2.75) is 39.5 Å². The molecule has 1 atom stereocenters. The summed E-state index contributed by atoms with van der Waals surface area (Å²) in [6.45, 7) is 4.79. The molecule has 0 aliphatic heterocycles. The average molecular weight is 345 g/mol. The number of rotatable bonds is 8. The Morgan fingerprint density at radius 1 is 1.28 bits per heavy atom. The smallest absolute Gasteiger partial charge is 0.411 e. The highest BCUT2D eigenvalue weighted by Gasteiger charge is 2.32. The quantitative estimate of drug-likeness (QED) is 0.795. The van der Waals surface area contributed by atoms with Gasteiger partial charge in [-0.2, -0.15) is 5.10 Å². The van der Waals surface area contributed by atoms with Gasteiger partial charge in [0.2, 0.25) is 0 Å². The lowest BCUT2D eigenvalue weighted by atomic mass is 10.1. The van der Waals surface area contributed by atoms with Gasteiger partial charge in [0.05, 0.1) is 6.20 Å². The lowest BCUT2D eigenvalue weighted by Crippen LogP contribution is -2.39. The van der Waals surface area contributed by atoms with Gasteiger partial charge in [-0.1, -0.05) is 37.3 Å². The van der Waals surface area contributed by atoms with E-state index in [4.69, 9.17) is 4.74 Å². The van der Waals surface area contributed by atoms with Crippen molar-refractivity contribution >= 4 is 12.1 Å². The summed E-state index contributed by atoms with van der Waals surface area (Å²) in [5, 5.41) is 13.8. The molecule has 1 aromatic carbocycles. The van der Waals surface area contributed by atoms with Gasteiger partial charge in [-0.05, 0) is 18.9 Å². The van der Waals surface area contributed by atoms with Gasteiger partial charge in [0.15, 0.2) is 6.04 Å². The number of amides is 1. The molecule has 2 rings (SSSR count). The highest BCUT2D eigenvalue weighted by Crippen LogP contribution is 2.22. The second-order valence-electron chi connectivity index (χ2n) is 5.60. The van der Waals surface area contributed by atoms with Crippen LogP contribution in [-0.2, 0) is 22.7 Å². The number of carboxylic acid groups (broad SMARTS) is 1. The van der Waals surface area contributed by atoms with E-state index in [-0.39, 0.29) is 13.2 Å². The molecular weight excluding hydrogens is 322 g/mol. The van der Waals surface area contributed by atoms with Crippen LogP contribution >= 0.6 is 0 Å². The third-order valence-corrected chi connectivity index (χ3v) is 3.74. The van der Waals surface area contributed by atoms with Gasteiger partial charge in [-0.25, -0.2) is 9.59 Å². The number of aryl methyl sites for hydroxylation is 1.